The fourth-order valence-electron chi connectivity index (χ4n) is 1.15. The topological polar surface area (TPSA) is 59.0 Å². The molecule has 1 rings (SSSR count). The van der Waals surface area contributed by atoms with Gasteiger partial charge in [0.15, 0.2) is 0 Å². The van der Waals surface area contributed by atoms with Gasteiger partial charge in [0.2, 0.25) is 0 Å². The van der Waals surface area contributed by atoms with Crippen LogP contribution in [0.1, 0.15) is 12.5 Å². The second-order valence-corrected chi connectivity index (χ2v) is 3.03. The highest BCUT2D eigenvalue weighted by Crippen LogP contribution is 2.26. The van der Waals surface area contributed by atoms with Crippen molar-refractivity contribution in [3.63, 3.8) is 0 Å². The molecule has 2 N–H and O–H groups in total. The summed E-state index contributed by atoms with van der Waals surface area (Å²) in [5.74, 6) is -0.0374. The van der Waals surface area contributed by atoms with Gasteiger partial charge in [-0.05, 0) is 19.1 Å². The third kappa shape index (κ3) is 2.70. The molecule has 84 valence electrons. The predicted molar refractivity (Wildman–Crippen MR) is 55.5 cm³/mol. The molecule has 1 aromatic carbocycles. The largest absolute Gasteiger partial charge is 0.434 e. The van der Waals surface area contributed by atoms with Gasteiger partial charge in [0.05, 0.1) is 17.3 Å². The van der Waals surface area contributed by atoms with E-state index in [4.69, 9.17) is 11.0 Å². The standard InChI is InChI=1S/C11H10F2N2O/c1-7(6-14)10(15)8-4-2-3-5-9(8)16-11(12)13/h2-5,11H,15H2,1H3/b10-7-. The van der Waals surface area contributed by atoms with Crippen LogP contribution in [0.4, 0.5) is 8.78 Å². The summed E-state index contributed by atoms with van der Waals surface area (Å²) < 4.78 is 28.5. The summed E-state index contributed by atoms with van der Waals surface area (Å²) in [5.41, 5.74) is 6.34. The highest BCUT2D eigenvalue weighted by molar-refractivity contribution is 5.72. The van der Waals surface area contributed by atoms with Gasteiger partial charge in [-0.3, -0.25) is 0 Å². The zero-order valence-corrected chi connectivity index (χ0v) is 8.58. The Kier molecular flexibility index (Phi) is 3.84. The van der Waals surface area contributed by atoms with Gasteiger partial charge in [0.1, 0.15) is 5.75 Å². The minimum absolute atomic E-state index is 0.0374. The molecule has 0 fully saturated rings. The van der Waals surface area contributed by atoms with Crippen molar-refractivity contribution in [2.75, 3.05) is 0 Å². The van der Waals surface area contributed by atoms with E-state index in [1.54, 1.807) is 12.1 Å². The van der Waals surface area contributed by atoms with Crippen LogP contribution in [0.15, 0.2) is 29.8 Å². The number of halogens is 2. The average Bonchev–Trinajstić information content (AvgIpc) is 2.27. The molecule has 5 heteroatoms. The molecule has 0 aliphatic rings. The molecule has 0 aliphatic heterocycles. The smallest absolute Gasteiger partial charge is 0.387 e. The van der Waals surface area contributed by atoms with E-state index in [0.717, 1.165) is 0 Å². The summed E-state index contributed by atoms with van der Waals surface area (Å²) in [5, 5.41) is 8.66. The summed E-state index contributed by atoms with van der Waals surface area (Å²) in [6, 6.07) is 7.93. The van der Waals surface area contributed by atoms with E-state index in [-0.39, 0.29) is 17.0 Å². The number of alkyl halides is 2. The molecule has 0 heterocycles. The summed E-state index contributed by atoms with van der Waals surface area (Å²) >= 11 is 0. The first-order valence-corrected chi connectivity index (χ1v) is 4.47. The average molecular weight is 224 g/mol. The normalized spacial score (nSPS) is 11.9. The second-order valence-electron chi connectivity index (χ2n) is 3.03. The van der Waals surface area contributed by atoms with Crippen LogP contribution in [0.25, 0.3) is 5.70 Å². The number of allylic oxidation sites excluding steroid dienone is 1. The molecular formula is C11H10F2N2O. The van der Waals surface area contributed by atoms with Crippen molar-refractivity contribution in [1.29, 1.82) is 5.26 Å². The van der Waals surface area contributed by atoms with Gasteiger partial charge in [-0.15, -0.1) is 0 Å². The van der Waals surface area contributed by atoms with E-state index in [2.05, 4.69) is 4.74 Å². The number of hydrogen-bond donors (Lipinski definition) is 1. The molecule has 0 aromatic heterocycles. The summed E-state index contributed by atoms with van der Waals surface area (Å²) in [6.07, 6.45) is 0. The van der Waals surface area contributed by atoms with Crippen molar-refractivity contribution >= 4 is 5.70 Å². The Morgan fingerprint density at radius 2 is 2.06 bits per heavy atom. The maximum Gasteiger partial charge on any atom is 0.387 e. The zero-order chi connectivity index (χ0) is 12.1. The maximum atomic E-state index is 12.1. The zero-order valence-electron chi connectivity index (χ0n) is 8.58. The van der Waals surface area contributed by atoms with Gasteiger partial charge in [-0.2, -0.15) is 14.0 Å². The lowest BCUT2D eigenvalue weighted by atomic mass is 10.1. The van der Waals surface area contributed by atoms with Crippen LogP contribution in [0.5, 0.6) is 5.75 Å². The van der Waals surface area contributed by atoms with Crippen LogP contribution in [0.2, 0.25) is 0 Å². The van der Waals surface area contributed by atoms with Gasteiger partial charge in [-0.25, -0.2) is 0 Å². The fraction of sp³-hybridized carbons (Fsp3) is 0.182. The summed E-state index contributed by atoms with van der Waals surface area (Å²) in [7, 11) is 0. The molecule has 0 aliphatic carbocycles. The molecule has 1 aromatic rings. The molecule has 16 heavy (non-hydrogen) atoms. The fourth-order valence-corrected chi connectivity index (χ4v) is 1.15. The molecule has 0 saturated carbocycles. The van der Waals surface area contributed by atoms with Crippen molar-refractivity contribution in [2.45, 2.75) is 13.5 Å². The van der Waals surface area contributed by atoms with Crippen molar-refractivity contribution in [3.05, 3.63) is 35.4 Å². The van der Waals surface area contributed by atoms with E-state index >= 15 is 0 Å². The SMILES string of the molecule is C/C(C#N)=C(/N)c1ccccc1OC(F)F. The van der Waals surface area contributed by atoms with Gasteiger partial charge in [-0.1, -0.05) is 12.1 Å². The van der Waals surface area contributed by atoms with Crippen molar-refractivity contribution in [3.8, 4) is 11.8 Å². The maximum absolute atomic E-state index is 12.1. The van der Waals surface area contributed by atoms with Crippen LogP contribution in [-0.2, 0) is 0 Å². The molecule has 0 atom stereocenters. The van der Waals surface area contributed by atoms with Crippen LogP contribution in [-0.4, -0.2) is 6.61 Å². The van der Waals surface area contributed by atoms with Crippen LogP contribution in [0.3, 0.4) is 0 Å². The van der Waals surface area contributed by atoms with E-state index in [9.17, 15) is 8.78 Å². The quantitative estimate of drug-likeness (QED) is 0.802. The molecule has 0 saturated heterocycles. The Balaban J connectivity index is 3.19. The number of nitrogens with two attached hydrogens (primary N) is 1. The predicted octanol–water partition coefficient (Wildman–Crippen LogP) is 2.50. The molecular weight excluding hydrogens is 214 g/mol. The first-order chi connectivity index (χ1) is 7.56. The minimum atomic E-state index is -2.92. The Labute approximate surface area is 91.7 Å². The van der Waals surface area contributed by atoms with Crippen LogP contribution < -0.4 is 10.5 Å². The lowest BCUT2D eigenvalue weighted by molar-refractivity contribution is -0.0500. The van der Waals surface area contributed by atoms with Crippen molar-refractivity contribution < 1.29 is 13.5 Å². The minimum Gasteiger partial charge on any atom is -0.434 e. The number of benzene rings is 1. The third-order valence-corrected chi connectivity index (χ3v) is 1.96. The number of nitriles is 1. The number of ether oxygens (including phenoxy) is 1. The molecule has 0 amide bonds. The third-order valence-electron chi connectivity index (χ3n) is 1.96. The van der Waals surface area contributed by atoms with Crippen LogP contribution >= 0.6 is 0 Å². The van der Waals surface area contributed by atoms with Gasteiger partial charge >= 0.3 is 6.61 Å². The Morgan fingerprint density at radius 1 is 1.44 bits per heavy atom. The molecule has 0 bridgehead atoms. The number of hydrogen-bond acceptors (Lipinski definition) is 3. The van der Waals surface area contributed by atoms with E-state index in [1.165, 1.54) is 19.1 Å². The lowest BCUT2D eigenvalue weighted by Crippen LogP contribution is -2.07. The molecule has 0 unspecified atom stereocenters. The lowest BCUT2D eigenvalue weighted by Gasteiger charge is -2.10. The monoisotopic (exact) mass is 224 g/mol. The second kappa shape index (κ2) is 5.12. The van der Waals surface area contributed by atoms with Crippen molar-refractivity contribution in [1.82, 2.24) is 0 Å². The van der Waals surface area contributed by atoms with Gasteiger partial charge in [0.25, 0.3) is 0 Å². The van der Waals surface area contributed by atoms with Gasteiger partial charge in [0, 0.05) is 5.56 Å². The number of rotatable bonds is 3. The first-order valence-electron chi connectivity index (χ1n) is 4.47. The Hall–Kier alpha value is -2.09. The summed E-state index contributed by atoms with van der Waals surface area (Å²) in [6.45, 7) is -1.41. The van der Waals surface area contributed by atoms with E-state index < -0.39 is 6.61 Å². The molecule has 3 nitrogen and oxygen atoms in total. The first kappa shape index (κ1) is 12.0. The molecule has 0 spiro atoms. The highest BCUT2D eigenvalue weighted by Gasteiger charge is 2.12. The number of para-hydroxylation sites is 1. The van der Waals surface area contributed by atoms with Crippen molar-refractivity contribution in [2.24, 2.45) is 5.73 Å². The Bertz CT molecular complexity index is 450. The van der Waals surface area contributed by atoms with E-state index in [1.807, 2.05) is 6.07 Å². The van der Waals surface area contributed by atoms with Gasteiger partial charge < -0.3 is 10.5 Å². The van der Waals surface area contributed by atoms with E-state index in [0.29, 0.717) is 5.56 Å². The Morgan fingerprint density at radius 3 is 2.62 bits per heavy atom. The molecule has 0 radical (unpaired) electrons. The summed E-state index contributed by atoms with van der Waals surface area (Å²) in [4.78, 5) is 0. The van der Waals surface area contributed by atoms with Crippen LogP contribution in [0, 0.1) is 11.3 Å². The number of nitrogens with zero attached hydrogens (tertiary/aromatic N) is 1. The highest BCUT2D eigenvalue weighted by atomic mass is 19.3.